The zero-order valence-corrected chi connectivity index (χ0v) is 17.7. The molecule has 0 unspecified atom stereocenters. The number of rotatable bonds is 4. The number of pyridine rings is 3. The molecule has 1 fully saturated rings. The van der Waals surface area contributed by atoms with Crippen molar-refractivity contribution in [1.29, 1.82) is 0 Å². The molecule has 7 heteroatoms. The van der Waals surface area contributed by atoms with Gasteiger partial charge in [-0.2, -0.15) is 5.10 Å². The monoisotopic (exact) mass is 432 g/mol. The summed E-state index contributed by atoms with van der Waals surface area (Å²) >= 11 is 0. The van der Waals surface area contributed by atoms with Crippen molar-refractivity contribution in [3.8, 4) is 23.0 Å². The third kappa shape index (κ3) is 3.72. The van der Waals surface area contributed by atoms with E-state index in [2.05, 4.69) is 37.3 Å². The van der Waals surface area contributed by atoms with Crippen LogP contribution in [-0.2, 0) is 6.54 Å². The molecule has 0 radical (unpaired) electrons. The highest BCUT2D eigenvalue weighted by molar-refractivity contribution is 6.12. The predicted molar refractivity (Wildman–Crippen MR) is 129 cm³/mol. The summed E-state index contributed by atoms with van der Waals surface area (Å²) in [6.07, 6.45) is 9.31. The first-order valence-corrected chi connectivity index (χ1v) is 10.9. The van der Waals surface area contributed by atoms with E-state index in [9.17, 15) is 4.79 Å². The first-order chi connectivity index (χ1) is 16.3. The van der Waals surface area contributed by atoms with Gasteiger partial charge in [-0.25, -0.2) is 4.98 Å². The average Bonchev–Trinajstić information content (AvgIpc) is 3.52. The molecule has 1 aliphatic carbocycles. The zero-order valence-electron chi connectivity index (χ0n) is 17.7. The van der Waals surface area contributed by atoms with E-state index in [-0.39, 0.29) is 5.56 Å². The van der Waals surface area contributed by atoms with Crippen molar-refractivity contribution < 1.29 is 0 Å². The summed E-state index contributed by atoms with van der Waals surface area (Å²) in [6.45, 7) is 0.518. The van der Waals surface area contributed by atoms with E-state index in [4.69, 9.17) is 4.98 Å². The maximum Gasteiger partial charge on any atom is 0.258 e. The van der Waals surface area contributed by atoms with Gasteiger partial charge < -0.3 is 10.3 Å². The summed E-state index contributed by atoms with van der Waals surface area (Å²) in [5.41, 5.74) is 3.97. The van der Waals surface area contributed by atoms with Crippen LogP contribution in [0, 0.1) is 17.8 Å². The molecule has 4 aromatic heterocycles. The number of anilines is 1. The lowest BCUT2D eigenvalue weighted by atomic mass is 10.00. The lowest BCUT2D eigenvalue weighted by Crippen LogP contribution is -2.10. The van der Waals surface area contributed by atoms with Gasteiger partial charge in [0.05, 0.1) is 34.9 Å². The van der Waals surface area contributed by atoms with Crippen LogP contribution in [0.5, 0.6) is 0 Å². The molecule has 1 saturated carbocycles. The molecular weight excluding hydrogens is 412 g/mol. The molecule has 6 rings (SSSR count). The molecule has 3 N–H and O–H groups in total. The number of H-pyrrole nitrogens is 2. The smallest absolute Gasteiger partial charge is 0.258 e. The Morgan fingerprint density at radius 1 is 1.09 bits per heavy atom. The van der Waals surface area contributed by atoms with Crippen LogP contribution in [-0.4, -0.2) is 25.1 Å². The summed E-state index contributed by atoms with van der Waals surface area (Å²) in [4.78, 5) is 25.1. The second-order valence-electron chi connectivity index (χ2n) is 8.18. The Bertz CT molecular complexity index is 1590. The molecule has 33 heavy (non-hydrogen) atoms. The van der Waals surface area contributed by atoms with Gasteiger partial charge in [0.15, 0.2) is 0 Å². The second-order valence-corrected chi connectivity index (χ2v) is 8.18. The topological polar surface area (TPSA) is 99.3 Å². The molecule has 5 aromatic rings. The van der Waals surface area contributed by atoms with Crippen LogP contribution in [0.2, 0.25) is 0 Å². The van der Waals surface area contributed by atoms with Gasteiger partial charge in [0, 0.05) is 40.8 Å². The fourth-order valence-electron chi connectivity index (χ4n) is 3.92. The van der Waals surface area contributed by atoms with Gasteiger partial charge in [-0.1, -0.05) is 30.0 Å². The molecule has 0 atom stereocenters. The Labute approximate surface area is 189 Å². The lowest BCUT2D eigenvalue weighted by Gasteiger charge is -2.13. The van der Waals surface area contributed by atoms with E-state index in [0.29, 0.717) is 29.2 Å². The Kier molecular flexibility index (Phi) is 4.62. The molecule has 4 heterocycles. The third-order valence-corrected chi connectivity index (χ3v) is 5.82. The summed E-state index contributed by atoms with van der Waals surface area (Å²) in [5, 5.41) is 12.6. The molecular formula is C26H20N6O. The van der Waals surface area contributed by atoms with Gasteiger partial charge in [-0.05, 0) is 36.6 Å². The van der Waals surface area contributed by atoms with Crippen LogP contribution in [0.3, 0.4) is 0 Å². The van der Waals surface area contributed by atoms with Gasteiger partial charge in [-0.3, -0.25) is 14.9 Å². The molecule has 160 valence electrons. The van der Waals surface area contributed by atoms with Gasteiger partial charge in [-0.15, -0.1) is 0 Å². The Morgan fingerprint density at radius 3 is 2.82 bits per heavy atom. The first kappa shape index (κ1) is 19.3. The number of aromatic nitrogens is 5. The van der Waals surface area contributed by atoms with Crippen LogP contribution in [0.25, 0.3) is 32.8 Å². The van der Waals surface area contributed by atoms with E-state index in [1.54, 1.807) is 18.6 Å². The molecule has 1 aromatic carbocycles. The molecule has 7 nitrogen and oxygen atoms in total. The summed E-state index contributed by atoms with van der Waals surface area (Å²) < 4.78 is 0. The third-order valence-electron chi connectivity index (χ3n) is 5.82. The largest absolute Gasteiger partial charge is 0.364 e. The highest BCUT2D eigenvalue weighted by atomic mass is 16.1. The van der Waals surface area contributed by atoms with Crippen LogP contribution in [0.1, 0.15) is 24.1 Å². The average molecular weight is 432 g/mol. The number of nitrogens with one attached hydrogen (secondary N) is 3. The maximum atomic E-state index is 13.0. The molecule has 0 spiro atoms. The minimum Gasteiger partial charge on any atom is -0.364 e. The minimum atomic E-state index is -0.180. The number of nitrogens with zero attached hydrogens (tertiary/aromatic N) is 3. The standard InChI is InChI=1S/C26H20N6O/c33-26-23-22-11-17(19-13-30-31-14-19)8-9-21(22)25(28-15-20-3-1-2-10-27-20)32-24(23)18(12-29-26)7-6-16-4-5-16/h1-3,8-14,16H,4-5,15H2,(H,28,32)(H,29,33)(H,30,31). The van der Waals surface area contributed by atoms with Crippen molar-refractivity contribution in [2.45, 2.75) is 19.4 Å². The van der Waals surface area contributed by atoms with Crippen molar-refractivity contribution >= 4 is 27.5 Å². The molecule has 0 aliphatic heterocycles. The van der Waals surface area contributed by atoms with Gasteiger partial charge >= 0.3 is 0 Å². The minimum absolute atomic E-state index is 0.180. The van der Waals surface area contributed by atoms with E-state index in [1.807, 2.05) is 42.6 Å². The number of fused-ring (bicyclic) bond motifs is 3. The van der Waals surface area contributed by atoms with Crippen LogP contribution in [0.15, 0.2) is 66.0 Å². The number of aromatic amines is 2. The Hall–Kier alpha value is -4.44. The molecule has 0 amide bonds. The fraction of sp³-hybridized carbons (Fsp3) is 0.154. The summed E-state index contributed by atoms with van der Waals surface area (Å²) in [6, 6.07) is 11.8. The van der Waals surface area contributed by atoms with Crippen LogP contribution in [0.4, 0.5) is 5.82 Å². The van der Waals surface area contributed by atoms with Crippen LogP contribution >= 0.6 is 0 Å². The zero-order chi connectivity index (χ0) is 22.2. The summed E-state index contributed by atoms with van der Waals surface area (Å²) in [5.74, 6) is 7.68. The second kappa shape index (κ2) is 7.92. The van der Waals surface area contributed by atoms with Gasteiger partial charge in [0.25, 0.3) is 5.56 Å². The van der Waals surface area contributed by atoms with Crippen molar-refractivity contribution in [2.75, 3.05) is 5.32 Å². The first-order valence-electron chi connectivity index (χ1n) is 10.9. The van der Waals surface area contributed by atoms with Crippen molar-refractivity contribution in [3.63, 3.8) is 0 Å². The lowest BCUT2D eigenvalue weighted by molar-refractivity contribution is 1.04. The molecule has 0 saturated heterocycles. The number of hydrogen-bond donors (Lipinski definition) is 3. The van der Waals surface area contributed by atoms with Crippen molar-refractivity contribution in [2.24, 2.45) is 5.92 Å². The van der Waals surface area contributed by atoms with Gasteiger partial charge in [0.1, 0.15) is 5.82 Å². The van der Waals surface area contributed by atoms with Crippen molar-refractivity contribution in [1.82, 2.24) is 25.1 Å². The fourth-order valence-corrected chi connectivity index (χ4v) is 3.92. The van der Waals surface area contributed by atoms with Crippen LogP contribution < -0.4 is 10.9 Å². The van der Waals surface area contributed by atoms with E-state index >= 15 is 0 Å². The quantitative estimate of drug-likeness (QED) is 0.291. The van der Waals surface area contributed by atoms with E-state index < -0.39 is 0 Å². The number of hydrogen-bond acceptors (Lipinski definition) is 5. The number of benzene rings is 1. The normalized spacial score (nSPS) is 13.1. The van der Waals surface area contributed by atoms with Crippen molar-refractivity contribution in [3.05, 3.63) is 82.8 Å². The maximum absolute atomic E-state index is 13.0. The Balaban J connectivity index is 1.58. The molecule has 0 bridgehead atoms. The van der Waals surface area contributed by atoms with E-state index in [1.165, 1.54) is 0 Å². The predicted octanol–water partition coefficient (Wildman–Crippen LogP) is 4.24. The van der Waals surface area contributed by atoms with Gasteiger partial charge in [0.2, 0.25) is 0 Å². The Morgan fingerprint density at radius 2 is 2.03 bits per heavy atom. The highest BCUT2D eigenvalue weighted by Crippen LogP contribution is 2.33. The molecule has 1 aliphatic rings. The van der Waals surface area contributed by atoms with E-state index in [0.717, 1.165) is 46.0 Å². The highest BCUT2D eigenvalue weighted by Gasteiger charge is 2.19. The SMILES string of the molecule is O=c1[nH]cc(C#CC2CC2)c2nc(NCc3ccccn3)c3ccc(-c4cn[nH]c4)cc3c12. The summed E-state index contributed by atoms with van der Waals surface area (Å²) in [7, 11) is 0.